The van der Waals surface area contributed by atoms with Gasteiger partial charge in [0.15, 0.2) is 5.79 Å². The van der Waals surface area contributed by atoms with Gasteiger partial charge in [-0.3, -0.25) is 4.90 Å². The van der Waals surface area contributed by atoms with Gasteiger partial charge in [0, 0.05) is 24.5 Å². The van der Waals surface area contributed by atoms with Crippen molar-refractivity contribution in [2.24, 2.45) is 0 Å². The van der Waals surface area contributed by atoms with Crippen LogP contribution in [0.1, 0.15) is 13.8 Å². The van der Waals surface area contributed by atoms with E-state index in [2.05, 4.69) is 25.3 Å². The van der Waals surface area contributed by atoms with Crippen LogP contribution in [0.2, 0.25) is 0 Å². The van der Waals surface area contributed by atoms with Crippen molar-refractivity contribution in [3.05, 3.63) is 11.8 Å². The Hall–Kier alpha value is -0.163. The van der Waals surface area contributed by atoms with Gasteiger partial charge in [-0.15, -0.1) is 0 Å². The first kappa shape index (κ1) is 13.8. The number of hydrogen-bond acceptors (Lipinski definition) is 3. The molecule has 0 radical (unpaired) electrons. The third-order valence-electron chi connectivity index (χ3n) is 2.64. The van der Waals surface area contributed by atoms with Gasteiger partial charge in [0.05, 0.1) is 6.54 Å². The molecule has 0 N–H and O–H groups in total. The summed E-state index contributed by atoms with van der Waals surface area (Å²) in [6.45, 7) is 11.0. The van der Waals surface area contributed by atoms with Crippen molar-refractivity contribution in [1.29, 1.82) is 0 Å². The maximum atomic E-state index is 5.45. The van der Waals surface area contributed by atoms with Crippen LogP contribution in [0.15, 0.2) is 11.8 Å². The van der Waals surface area contributed by atoms with Gasteiger partial charge in [-0.05, 0) is 18.3 Å². The second-order valence-corrected chi connectivity index (χ2v) is 4.61. The number of hydrogen-bond donors (Lipinski definition) is 0. The lowest BCUT2D eigenvalue weighted by Crippen LogP contribution is -2.47. The highest BCUT2D eigenvalue weighted by Gasteiger charge is 2.32. The molecule has 0 rings (SSSR count). The Bertz CT molecular complexity index is 177. The first-order valence-electron chi connectivity index (χ1n) is 5.04. The Kier molecular flexibility index (Phi) is 6.27. The van der Waals surface area contributed by atoms with Gasteiger partial charge in [-0.2, -0.15) is 0 Å². The highest BCUT2D eigenvalue weighted by Crippen LogP contribution is 2.19. The van der Waals surface area contributed by atoms with Crippen molar-refractivity contribution in [2.45, 2.75) is 19.6 Å². The number of methoxy groups -OCH3 is 2. The zero-order chi connectivity index (χ0) is 11.2. The maximum Gasteiger partial charge on any atom is 0.198 e. The van der Waals surface area contributed by atoms with E-state index in [0.717, 1.165) is 35.1 Å². The largest absolute Gasteiger partial charge is 0.349 e. The lowest BCUT2D eigenvalue weighted by Gasteiger charge is -2.36. The lowest BCUT2D eigenvalue weighted by atomic mass is 10.2. The molecule has 0 aromatic heterocycles. The fourth-order valence-electron chi connectivity index (χ4n) is 1.44. The summed E-state index contributed by atoms with van der Waals surface area (Å²) in [6.07, 6.45) is 0. The van der Waals surface area contributed by atoms with Crippen molar-refractivity contribution in [3.8, 4) is 0 Å². The molecular weight excluding hydrogens is 194 g/mol. The second kappa shape index (κ2) is 6.34. The summed E-state index contributed by atoms with van der Waals surface area (Å²) in [5, 5.41) is 1.04. The molecule has 0 fully saturated rings. The summed E-state index contributed by atoms with van der Waals surface area (Å²) in [7, 11) is 4.24. The zero-order valence-electron chi connectivity index (χ0n) is 10.1. The average molecular weight is 217 g/mol. The van der Waals surface area contributed by atoms with Crippen LogP contribution in [-0.2, 0) is 9.47 Å². The molecule has 0 saturated carbocycles. The Morgan fingerprint density at radius 2 is 1.71 bits per heavy atom. The highest BCUT2D eigenvalue weighted by molar-refractivity contribution is 6.22. The lowest BCUT2D eigenvalue weighted by molar-refractivity contribution is -0.183. The molecule has 0 aromatic rings. The Morgan fingerprint density at radius 1 is 1.29 bits per heavy atom. The molecule has 3 nitrogen and oxygen atoms in total. The van der Waals surface area contributed by atoms with Crippen LogP contribution in [0.3, 0.4) is 0 Å². The SMILES string of the molecule is C=C([SiH3])C(CN(CC)CC)(OC)OC. The Labute approximate surface area is 90.5 Å². The molecular formula is C10H23NO2Si. The van der Waals surface area contributed by atoms with Crippen LogP contribution in [0.25, 0.3) is 0 Å². The van der Waals surface area contributed by atoms with E-state index < -0.39 is 5.79 Å². The van der Waals surface area contributed by atoms with E-state index in [-0.39, 0.29) is 0 Å². The van der Waals surface area contributed by atoms with Crippen molar-refractivity contribution in [1.82, 2.24) is 4.90 Å². The van der Waals surface area contributed by atoms with Crippen LogP contribution in [0.5, 0.6) is 0 Å². The van der Waals surface area contributed by atoms with Gasteiger partial charge in [-0.1, -0.05) is 20.4 Å². The smallest absolute Gasteiger partial charge is 0.198 e. The van der Waals surface area contributed by atoms with Crippen LogP contribution < -0.4 is 0 Å². The summed E-state index contributed by atoms with van der Waals surface area (Å²) in [4.78, 5) is 2.27. The van der Waals surface area contributed by atoms with Crippen LogP contribution in [0.4, 0.5) is 0 Å². The van der Waals surface area contributed by atoms with E-state index in [0.29, 0.717) is 0 Å². The molecule has 4 heteroatoms. The number of ether oxygens (including phenoxy) is 2. The van der Waals surface area contributed by atoms with Crippen LogP contribution in [0, 0.1) is 0 Å². The van der Waals surface area contributed by atoms with Crippen LogP contribution >= 0.6 is 0 Å². The third-order valence-corrected chi connectivity index (χ3v) is 3.40. The van der Waals surface area contributed by atoms with E-state index in [1.54, 1.807) is 14.2 Å². The molecule has 0 unspecified atom stereocenters. The summed E-state index contributed by atoms with van der Waals surface area (Å²) in [5.41, 5.74) is 0. The van der Waals surface area contributed by atoms with Gasteiger partial charge in [0.1, 0.15) is 0 Å². The standard InChI is InChI=1S/C10H23NO2Si/c1-6-11(7-2)8-10(12-4,13-5)9(3)14/h3,6-8H2,1-2,4-5,14H3. The van der Waals surface area contributed by atoms with E-state index >= 15 is 0 Å². The highest BCUT2D eigenvalue weighted by atomic mass is 28.1. The summed E-state index contributed by atoms with van der Waals surface area (Å²) >= 11 is 0. The molecule has 0 atom stereocenters. The molecule has 0 saturated heterocycles. The van der Waals surface area contributed by atoms with Crippen molar-refractivity contribution >= 4 is 10.2 Å². The average Bonchev–Trinajstić information content (AvgIpc) is 2.20. The molecule has 0 heterocycles. The van der Waals surface area contributed by atoms with Gasteiger partial charge < -0.3 is 9.47 Å². The number of nitrogens with zero attached hydrogens (tertiary/aromatic N) is 1. The Balaban J connectivity index is 4.56. The first-order chi connectivity index (χ1) is 6.56. The second-order valence-electron chi connectivity index (χ2n) is 3.40. The molecule has 0 aliphatic rings. The molecule has 0 bridgehead atoms. The Morgan fingerprint density at radius 3 is 1.93 bits per heavy atom. The topological polar surface area (TPSA) is 21.7 Å². The minimum absolute atomic E-state index is 0.599. The minimum Gasteiger partial charge on any atom is -0.349 e. The normalized spacial score (nSPS) is 12.4. The van der Waals surface area contributed by atoms with Crippen LogP contribution in [-0.4, -0.2) is 54.8 Å². The van der Waals surface area contributed by atoms with Gasteiger partial charge >= 0.3 is 0 Å². The fourth-order valence-corrected chi connectivity index (χ4v) is 2.00. The molecule has 0 aromatic carbocycles. The summed E-state index contributed by atoms with van der Waals surface area (Å²) in [6, 6.07) is 0. The van der Waals surface area contributed by atoms with Gasteiger partial charge in [-0.25, -0.2) is 0 Å². The van der Waals surface area contributed by atoms with Crippen molar-refractivity contribution in [3.63, 3.8) is 0 Å². The van der Waals surface area contributed by atoms with E-state index in [4.69, 9.17) is 9.47 Å². The zero-order valence-corrected chi connectivity index (χ0v) is 12.1. The number of rotatable bonds is 7. The van der Waals surface area contributed by atoms with E-state index in [9.17, 15) is 0 Å². The van der Waals surface area contributed by atoms with Gasteiger partial charge in [0.25, 0.3) is 0 Å². The summed E-state index contributed by atoms with van der Waals surface area (Å²) in [5.74, 6) is -0.599. The predicted molar refractivity (Wildman–Crippen MR) is 63.6 cm³/mol. The predicted octanol–water partition coefficient (Wildman–Crippen LogP) is 0.196. The quantitative estimate of drug-likeness (QED) is 0.449. The van der Waals surface area contributed by atoms with Crippen molar-refractivity contribution in [2.75, 3.05) is 33.9 Å². The minimum atomic E-state index is -0.599. The monoisotopic (exact) mass is 217 g/mol. The molecule has 14 heavy (non-hydrogen) atoms. The van der Waals surface area contributed by atoms with Gasteiger partial charge in [0.2, 0.25) is 0 Å². The molecule has 84 valence electrons. The molecule has 0 aliphatic carbocycles. The molecule has 0 amide bonds. The first-order valence-corrected chi connectivity index (χ1v) is 6.04. The van der Waals surface area contributed by atoms with E-state index in [1.165, 1.54) is 0 Å². The summed E-state index contributed by atoms with van der Waals surface area (Å²) < 4.78 is 10.9. The van der Waals surface area contributed by atoms with E-state index in [1.807, 2.05) is 0 Å². The molecule has 0 aliphatic heterocycles. The molecule has 0 spiro atoms. The third kappa shape index (κ3) is 3.20. The number of likely N-dealkylation sites (N-methyl/N-ethyl adjacent to an activating group) is 1. The van der Waals surface area contributed by atoms with Crippen molar-refractivity contribution < 1.29 is 9.47 Å². The fraction of sp³-hybridized carbons (Fsp3) is 0.800. The maximum absolute atomic E-state index is 5.45.